The summed E-state index contributed by atoms with van der Waals surface area (Å²) in [5, 5.41) is 4.48. The molecule has 1 aliphatic rings. The van der Waals surface area contributed by atoms with Crippen molar-refractivity contribution in [1.29, 1.82) is 0 Å². The predicted molar refractivity (Wildman–Crippen MR) is 74.4 cm³/mol. The van der Waals surface area contributed by atoms with Crippen molar-refractivity contribution in [2.75, 3.05) is 13.2 Å². The minimum Gasteiger partial charge on any atom is -0.398 e. The van der Waals surface area contributed by atoms with Gasteiger partial charge in [-0.25, -0.2) is 0 Å². The second-order valence-electron chi connectivity index (χ2n) is 5.79. The maximum Gasteiger partial charge on any atom is 0.516 e. The lowest BCUT2D eigenvalue weighted by Gasteiger charge is -2.32. The zero-order valence-corrected chi connectivity index (χ0v) is 12.5. The third-order valence-electron chi connectivity index (χ3n) is 3.82. The molecule has 2 heterocycles. The van der Waals surface area contributed by atoms with Crippen LogP contribution < -0.4 is 5.59 Å². The predicted octanol–water partition coefficient (Wildman–Crippen LogP) is 1.22. The molecule has 0 spiro atoms. The molecule has 0 N–H and O–H groups in total. The van der Waals surface area contributed by atoms with Crippen molar-refractivity contribution < 1.29 is 14.0 Å². The van der Waals surface area contributed by atoms with Gasteiger partial charge in [-0.15, -0.1) is 0 Å². The van der Waals surface area contributed by atoms with Gasteiger partial charge in [0.15, 0.2) is 0 Å². The molecule has 1 saturated heterocycles. The molecule has 5 nitrogen and oxygen atoms in total. The summed E-state index contributed by atoms with van der Waals surface area (Å²) in [6, 6.07) is 1.94. The van der Waals surface area contributed by atoms with Gasteiger partial charge in [0.1, 0.15) is 0 Å². The first-order valence-corrected chi connectivity index (χ1v) is 6.82. The Hall–Kier alpha value is -0.845. The van der Waals surface area contributed by atoms with Crippen molar-refractivity contribution in [3.63, 3.8) is 0 Å². The summed E-state index contributed by atoms with van der Waals surface area (Å²) in [4.78, 5) is 0. The van der Waals surface area contributed by atoms with E-state index in [9.17, 15) is 0 Å². The molecule has 1 aromatic rings. The quantitative estimate of drug-likeness (QED) is 0.593. The van der Waals surface area contributed by atoms with Crippen LogP contribution in [0.5, 0.6) is 0 Å². The number of hydrogen-bond acceptors (Lipinski definition) is 4. The standard InChI is InChI=1S/C13H23BN2O3/c1-6-17-10-9-16-8-7-11(15-16)14-18-12(2,3)13(4,5)19-14/h7-8H,6,9-10H2,1-5H3. The van der Waals surface area contributed by atoms with Crippen molar-refractivity contribution in [3.8, 4) is 0 Å². The van der Waals surface area contributed by atoms with Gasteiger partial charge >= 0.3 is 7.12 Å². The van der Waals surface area contributed by atoms with E-state index in [0.29, 0.717) is 6.61 Å². The molecule has 0 unspecified atom stereocenters. The lowest BCUT2D eigenvalue weighted by atomic mass is 9.85. The number of nitrogens with zero attached hydrogens (tertiary/aromatic N) is 2. The van der Waals surface area contributed by atoms with Crippen LogP contribution in [-0.2, 0) is 20.6 Å². The Kier molecular flexibility index (Phi) is 4.04. The minimum absolute atomic E-state index is 0.327. The van der Waals surface area contributed by atoms with Crippen LogP contribution in [0.4, 0.5) is 0 Å². The number of hydrogen-bond donors (Lipinski definition) is 0. The number of ether oxygens (including phenoxy) is 1. The Bertz CT molecular complexity index is 415. The lowest BCUT2D eigenvalue weighted by molar-refractivity contribution is 0.00578. The monoisotopic (exact) mass is 266 g/mol. The van der Waals surface area contributed by atoms with Crippen LogP contribution in [0, 0.1) is 0 Å². The maximum absolute atomic E-state index is 5.96. The van der Waals surface area contributed by atoms with E-state index in [0.717, 1.165) is 18.7 Å². The van der Waals surface area contributed by atoms with Gasteiger partial charge in [0.05, 0.1) is 29.9 Å². The molecule has 1 aromatic heterocycles. The zero-order chi connectivity index (χ0) is 14.1. The molecule has 0 aromatic carbocycles. The summed E-state index contributed by atoms with van der Waals surface area (Å²) >= 11 is 0. The smallest absolute Gasteiger partial charge is 0.398 e. The number of aromatic nitrogens is 2. The van der Waals surface area contributed by atoms with Gasteiger partial charge in [-0.3, -0.25) is 4.68 Å². The molecule has 1 aliphatic heterocycles. The second kappa shape index (κ2) is 5.27. The Morgan fingerprint density at radius 2 is 1.89 bits per heavy atom. The van der Waals surface area contributed by atoms with Crippen molar-refractivity contribution >= 4 is 12.7 Å². The average molecular weight is 266 g/mol. The van der Waals surface area contributed by atoms with Crippen LogP contribution in [0.15, 0.2) is 12.3 Å². The molecular formula is C13H23BN2O3. The van der Waals surface area contributed by atoms with Crippen molar-refractivity contribution in [3.05, 3.63) is 12.3 Å². The van der Waals surface area contributed by atoms with Crippen molar-refractivity contribution in [2.24, 2.45) is 0 Å². The van der Waals surface area contributed by atoms with Crippen molar-refractivity contribution in [1.82, 2.24) is 9.78 Å². The van der Waals surface area contributed by atoms with E-state index < -0.39 is 7.12 Å². The highest BCUT2D eigenvalue weighted by atomic mass is 16.7. The third-order valence-corrected chi connectivity index (χ3v) is 3.82. The van der Waals surface area contributed by atoms with Crippen molar-refractivity contribution in [2.45, 2.75) is 52.4 Å². The van der Waals surface area contributed by atoms with E-state index in [-0.39, 0.29) is 11.2 Å². The fourth-order valence-corrected chi connectivity index (χ4v) is 1.89. The third kappa shape index (κ3) is 3.01. The topological polar surface area (TPSA) is 45.5 Å². The van der Waals surface area contributed by atoms with Gasteiger partial charge in [0, 0.05) is 12.8 Å². The minimum atomic E-state index is -0.390. The van der Waals surface area contributed by atoms with Gasteiger partial charge in [0.25, 0.3) is 0 Å². The molecule has 6 heteroatoms. The summed E-state index contributed by atoms with van der Waals surface area (Å²) in [6.45, 7) is 12.3. The highest BCUT2D eigenvalue weighted by Crippen LogP contribution is 2.36. The summed E-state index contributed by atoms with van der Waals surface area (Å²) in [6.07, 6.45) is 1.93. The molecule has 0 aliphatic carbocycles. The lowest BCUT2D eigenvalue weighted by Crippen LogP contribution is -2.41. The van der Waals surface area contributed by atoms with Gasteiger partial charge in [-0.05, 0) is 40.7 Å². The van der Waals surface area contributed by atoms with Crippen LogP contribution in [0.25, 0.3) is 0 Å². The Morgan fingerprint density at radius 1 is 1.26 bits per heavy atom. The summed E-state index contributed by atoms with van der Waals surface area (Å²) in [5.41, 5.74) is 0.162. The molecule has 0 saturated carbocycles. The normalized spacial score (nSPS) is 21.0. The Labute approximate surface area is 115 Å². The Balaban J connectivity index is 2.00. The SMILES string of the molecule is CCOCCn1ccc(B2OC(C)(C)C(C)(C)O2)n1. The Morgan fingerprint density at radius 3 is 2.47 bits per heavy atom. The molecule has 1 fully saturated rings. The van der Waals surface area contributed by atoms with E-state index in [1.165, 1.54) is 0 Å². The van der Waals surface area contributed by atoms with E-state index >= 15 is 0 Å². The van der Waals surface area contributed by atoms with E-state index in [1.54, 1.807) is 0 Å². The molecular weight excluding hydrogens is 243 g/mol. The zero-order valence-electron chi connectivity index (χ0n) is 12.5. The van der Waals surface area contributed by atoms with Crippen LogP contribution in [0.1, 0.15) is 34.6 Å². The van der Waals surface area contributed by atoms with Gasteiger partial charge in [-0.1, -0.05) is 0 Å². The highest BCUT2D eigenvalue weighted by Gasteiger charge is 2.52. The molecule has 106 valence electrons. The highest BCUT2D eigenvalue weighted by molar-refractivity contribution is 6.61. The second-order valence-corrected chi connectivity index (χ2v) is 5.79. The first-order chi connectivity index (χ1) is 8.86. The first-order valence-electron chi connectivity index (χ1n) is 6.82. The van der Waals surface area contributed by atoms with Gasteiger partial charge in [0.2, 0.25) is 0 Å². The molecule has 0 amide bonds. The van der Waals surface area contributed by atoms with E-state index in [2.05, 4.69) is 5.10 Å². The molecule has 0 atom stereocenters. The van der Waals surface area contributed by atoms with Crippen LogP contribution in [-0.4, -0.2) is 41.3 Å². The van der Waals surface area contributed by atoms with Crippen LogP contribution >= 0.6 is 0 Å². The van der Waals surface area contributed by atoms with E-state index in [1.807, 2.05) is 51.6 Å². The molecule has 2 rings (SSSR count). The summed E-state index contributed by atoms with van der Waals surface area (Å²) in [5.74, 6) is 0. The molecule has 19 heavy (non-hydrogen) atoms. The summed E-state index contributed by atoms with van der Waals surface area (Å²) < 4.78 is 19.1. The fraction of sp³-hybridized carbons (Fsp3) is 0.769. The largest absolute Gasteiger partial charge is 0.516 e. The average Bonchev–Trinajstić information content (AvgIpc) is 2.83. The molecule has 0 radical (unpaired) electrons. The first kappa shape index (κ1) is 14.6. The van der Waals surface area contributed by atoms with Crippen LogP contribution in [0.2, 0.25) is 0 Å². The van der Waals surface area contributed by atoms with Gasteiger partial charge < -0.3 is 14.0 Å². The fourth-order valence-electron chi connectivity index (χ4n) is 1.89. The summed E-state index contributed by atoms with van der Waals surface area (Å²) in [7, 11) is -0.390. The van der Waals surface area contributed by atoms with Gasteiger partial charge in [-0.2, -0.15) is 5.10 Å². The van der Waals surface area contributed by atoms with E-state index in [4.69, 9.17) is 14.0 Å². The van der Waals surface area contributed by atoms with Crippen LogP contribution in [0.3, 0.4) is 0 Å². The maximum atomic E-state index is 5.96. The number of rotatable bonds is 5. The molecule has 0 bridgehead atoms.